The second kappa shape index (κ2) is 4.86. The number of nitrogens with zero attached hydrogens (tertiary/aromatic N) is 3. The first kappa shape index (κ1) is 13.6. The van der Waals surface area contributed by atoms with Gasteiger partial charge >= 0.3 is 0 Å². The van der Waals surface area contributed by atoms with E-state index in [1.54, 1.807) is 0 Å². The van der Waals surface area contributed by atoms with Crippen molar-refractivity contribution in [2.45, 2.75) is 38.9 Å². The van der Waals surface area contributed by atoms with Crippen LogP contribution in [0.25, 0.3) is 10.9 Å². The van der Waals surface area contributed by atoms with Crippen LogP contribution in [0.15, 0.2) is 24.3 Å². The van der Waals surface area contributed by atoms with Gasteiger partial charge in [0, 0.05) is 43.6 Å². The minimum atomic E-state index is 0.172. The van der Waals surface area contributed by atoms with E-state index in [4.69, 9.17) is 5.10 Å². The Bertz CT molecular complexity index is 614. The van der Waals surface area contributed by atoms with Crippen molar-refractivity contribution < 1.29 is 0 Å². The van der Waals surface area contributed by atoms with Gasteiger partial charge in [-0.25, -0.2) is 0 Å². The average molecular weight is 272 g/mol. The van der Waals surface area contributed by atoms with Crippen molar-refractivity contribution in [3.8, 4) is 0 Å². The van der Waals surface area contributed by atoms with Gasteiger partial charge in [0.25, 0.3) is 0 Å². The molecule has 0 aliphatic carbocycles. The first-order chi connectivity index (χ1) is 9.47. The van der Waals surface area contributed by atoms with Crippen LogP contribution >= 0.6 is 0 Å². The highest BCUT2D eigenvalue weighted by Crippen LogP contribution is 2.24. The lowest BCUT2D eigenvalue weighted by molar-refractivity contribution is 0.0617. The lowest BCUT2D eigenvalue weighted by atomic mass is 9.97. The van der Waals surface area contributed by atoms with Gasteiger partial charge in [-0.15, -0.1) is 0 Å². The summed E-state index contributed by atoms with van der Waals surface area (Å²) >= 11 is 0. The van der Waals surface area contributed by atoms with Gasteiger partial charge in [0.2, 0.25) is 0 Å². The Morgan fingerprint density at radius 3 is 2.90 bits per heavy atom. The molecule has 2 aromatic rings. The largest absolute Gasteiger partial charge is 0.311 e. The summed E-state index contributed by atoms with van der Waals surface area (Å²) in [5, 5.41) is 9.57. The standard InChI is InChI=1S/C16H24N4/c1-12-9-20(16(2,3)11-17-12)10-14-13-7-5-6-8-15(13)19(4)18-14/h5-8,12,17H,9-11H2,1-4H3. The Morgan fingerprint density at radius 1 is 1.35 bits per heavy atom. The van der Waals surface area contributed by atoms with E-state index in [-0.39, 0.29) is 5.54 Å². The van der Waals surface area contributed by atoms with Crippen LogP contribution in [0.4, 0.5) is 0 Å². The summed E-state index contributed by atoms with van der Waals surface area (Å²) in [7, 11) is 2.03. The van der Waals surface area contributed by atoms with Gasteiger partial charge in [0.1, 0.15) is 0 Å². The lowest BCUT2D eigenvalue weighted by Gasteiger charge is -2.45. The third-order valence-corrected chi connectivity index (χ3v) is 4.41. The number of aryl methyl sites for hydroxylation is 1. The Morgan fingerprint density at radius 2 is 2.10 bits per heavy atom. The molecule has 4 heteroatoms. The summed E-state index contributed by atoms with van der Waals surface area (Å²) in [5.41, 5.74) is 2.57. The van der Waals surface area contributed by atoms with Crippen LogP contribution in [0, 0.1) is 0 Å². The molecule has 0 saturated carbocycles. The van der Waals surface area contributed by atoms with Crippen LogP contribution in [0.2, 0.25) is 0 Å². The van der Waals surface area contributed by atoms with E-state index in [1.165, 1.54) is 16.6 Å². The molecule has 3 rings (SSSR count). The maximum absolute atomic E-state index is 4.73. The molecule has 20 heavy (non-hydrogen) atoms. The van der Waals surface area contributed by atoms with Crippen LogP contribution in [0.3, 0.4) is 0 Å². The maximum Gasteiger partial charge on any atom is 0.0843 e. The van der Waals surface area contributed by atoms with Crippen molar-refractivity contribution in [1.29, 1.82) is 0 Å². The first-order valence-electron chi connectivity index (χ1n) is 7.36. The van der Waals surface area contributed by atoms with Gasteiger partial charge in [-0.1, -0.05) is 18.2 Å². The van der Waals surface area contributed by atoms with Gasteiger partial charge in [0.05, 0.1) is 11.2 Å². The number of hydrogen-bond acceptors (Lipinski definition) is 3. The van der Waals surface area contributed by atoms with Crippen molar-refractivity contribution in [2.75, 3.05) is 13.1 Å². The molecule has 1 aliphatic heterocycles. The molecule has 1 saturated heterocycles. The van der Waals surface area contributed by atoms with E-state index >= 15 is 0 Å². The predicted octanol–water partition coefficient (Wildman–Crippen LogP) is 2.15. The third kappa shape index (κ3) is 2.34. The highest BCUT2D eigenvalue weighted by atomic mass is 15.3. The third-order valence-electron chi connectivity index (χ3n) is 4.41. The number of nitrogens with one attached hydrogen (secondary N) is 1. The molecule has 2 heterocycles. The Kier molecular flexibility index (Phi) is 3.30. The molecule has 1 aromatic heterocycles. The monoisotopic (exact) mass is 272 g/mol. The second-order valence-electron chi connectivity index (χ2n) is 6.56. The van der Waals surface area contributed by atoms with E-state index in [1.807, 2.05) is 11.7 Å². The summed E-state index contributed by atoms with van der Waals surface area (Å²) < 4.78 is 1.99. The number of rotatable bonds is 2. The van der Waals surface area contributed by atoms with Crippen molar-refractivity contribution in [1.82, 2.24) is 20.0 Å². The molecule has 4 nitrogen and oxygen atoms in total. The molecule has 0 bridgehead atoms. The molecular formula is C16H24N4. The van der Waals surface area contributed by atoms with E-state index in [0.29, 0.717) is 6.04 Å². The number of benzene rings is 1. The quantitative estimate of drug-likeness (QED) is 0.909. The highest BCUT2D eigenvalue weighted by molar-refractivity contribution is 5.81. The fraction of sp³-hybridized carbons (Fsp3) is 0.562. The normalized spacial score (nSPS) is 23.3. The van der Waals surface area contributed by atoms with Gasteiger partial charge in [-0.2, -0.15) is 5.10 Å². The number of para-hydroxylation sites is 1. The number of piperazine rings is 1. The average Bonchev–Trinajstić information content (AvgIpc) is 2.72. The highest BCUT2D eigenvalue weighted by Gasteiger charge is 2.33. The minimum absolute atomic E-state index is 0.172. The van der Waals surface area contributed by atoms with Crippen molar-refractivity contribution in [3.05, 3.63) is 30.0 Å². The summed E-state index contributed by atoms with van der Waals surface area (Å²) in [4.78, 5) is 2.54. The van der Waals surface area contributed by atoms with Crippen molar-refractivity contribution in [2.24, 2.45) is 7.05 Å². The minimum Gasteiger partial charge on any atom is -0.311 e. The summed E-state index contributed by atoms with van der Waals surface area (Å²) in [5.74, 6) is 0. The van der Waals surface area contributed by atoms with Gasteiger partial charge in [-0.05, 0) is 26.8 Å². The molecule has 1 N–H and O–H groups in total. The molecule has 0 radical (unpaired) electrons. The van der Waals surface area contributed by atoms with E-state index < -0.39 is 0 Å². The molecule has 0 spiro atoms. The second-order valence-corrected chi connectivity index (χ2v) is 6.56. The van der Waals surface area contributed by atoms with Crippen LogP contribution < -0.4 is 5.32 Å². The Labute approximate surface area is 120 Å². The van der Waals surface area contributed by atoms with Crippen molar-refractivity contribution in [3.63, 3.8) is 0 Å². The van der Waals surface area contributed by atoms with E-state index in [9.17, 15) is 0 Å². The van der Waals surface area contributed by atoms with Gasteiger partial charge in [0.15, 0.2) is 0 Å². The zero-order valence-electron chi connectivity index (χ0n) is 12.8. The summed E-state index contributed by atoms with van der Waals surface area (Å²) in [6.07, 6.45) is 0. The lowest BCUT2D eigenvalue weighted by Crippen LogP contribution is -2.60. The predicted molar refractivity (Wildman–Crippen MR) is 82.7 cm³/mol. The van der Waals surface area contributed by atoms with Crippen LogP contribution in [0.1, 0.15) is 26.5 Å². The zero-order valence-corrected chi connectivity index (χ0v) is 12.8. The van der Waals surface area contributed by atoms with Gasteiger partial charge < -0.3 is 5.32 Å². The molecular weight excluding hydrogens is 248 g/mol. The SMILES string of the molecule is CC1CN(Cc2nn(C)c3ccccc23)C(C)(C)CN1. The molecule has 1 fully saturated rings. The molecule has 108 valence electrons. The number of hydrogen-bond donors (Lipinski definition) is 1. The molecule has 0 amide bonds. The van der Waals surface area contributed by atoms with Crippen molar-refractivity contribution >= 4 is 10.9 Å². The van der Waals surface area contributed by atoms with Gasteiger partial charge in [-0.3, -0.25) is 9.58 Å². The fourth-order valence-corrected chi connectivity index (χ4v) is 3.04. The van der Waals surface area contributed by atoms with Crippen LogP contribution in [0.5, 0.6) is 0 Å². The van der Waals surface area contributed by atoms with E-state index in [2.05, 4.69) is 55.3 Å². The fourth-order valence-electron chi connectivity index (χ4n) is 3.04. The maximum atomic E-state index is 4.73. The summed E-state index contributed by atoms with van der Waals surface area (Å²) in [6, 6.07) is 9.02. The van der Waals surface area contributed by atoms with Crippen LogP contribution in [-0.2, 0) is 13.6 Å². The van der Waals surface area contributed by atoms with E-state index in [0.717, 1.165) is 19.6 Å². The van der Waals surface area contributed by atoms with Crippen LogP contribution in [-0.4, -0.2) is 39.4 Å². The topological polar surface area (TPSA) is 33.1 Å². The smallest absolute Gasteiger partial charge is 0.0843 e. The first-order valence-corrected chi connectivity index (χ1v) is 7.36. The zero-order chi connectivity index (χ0) is 14.3. The number of fused-ring (bicyclic) bond motifs is 1. The Balaban J connectivity index is 1.92. The molecule has 1 aromatic carbocycles. The summed E-state index contributed by atoms with van der Waals surface area (Å²) in [6.45, 7) is 9.87. The molecule has 1 unspecified atom stereocenters. The Hall–Kier alpha value is -1.39. The molecule has 1 atom stereocenters. The number of aromatic nitrogens is 2. The molecule has 1 aliphatic rings.